The molecule has 0 heterocycles. The van der Waals surface area contributed by atoms with Gasteiger partial charge in [-0.1, -0.05) is 39.5 Å². The third-order valence-electron chi connectivity index (χ3n) is 2.12. The maximum absolute atomic E-state index is 11.2. The first-order valence-corrected chi connectivity index (χ1v) is 5.33. The van der Waals surface area contributed by atoms with Crippen molar-refractivity contribution < 1.29 is 4.79 Å². The van der Waals surface area contributed by atoms with Crippen LogP contribution in [0.4, 0.5) is 0 Å². The number of hydrogen-bond acceptors (Lipinski definition) is 1. The summed E-state index contributed by atoms with van der Waals surface area (Å²) in [5.41, 5.74) is 0. The molecule has 0 fully saturated rings. The Morgan fingerprint density at radius 2 is 1.23 bits per heavy atom. The van der Waals surface area contributed by atoms with Crippen molar-refractivity contribution in [1.82, 2.24) is 0 Å². The summed E-state index contributed by atoms with van der Waals surface area (Å²) in [7, 11) is 0. The molecule has 0 aliphatic heterocycles. The van der Waals surface area contributed by atoms with Crippen molar-refractivity contribution in [2.75, 3.05) is 0 Å². The van der Waals surface area contributed by atoms with Crippen molar-refractivity contribution >= 4 is 24.6 Å². The van der Waals surface area contributed by atoms with E-state index in [1.807, 2.05) is 0 Å². The second kappa shape index (κ2) is 12.3. The number of Topliss-reactive ketones (excluding diaryl/α,β-unsaturated/α-hetero) is 1. The third-order valence-corrected chi connectivity index (χ3v) is 2.12. The van der Waals surface area contributed by atoms with E-state index in [1.165, 1.54) is 25.7 Å². The zero-order chi connectivity index (χ0) is 9.23. The van der Waals surface area contributed by atoms with Crippen LogP contribution in [0.25, 0.3) is 0 Å². The second-order valence-electron chi connectivity index (χ2n) is 3.45. The van der Waals surface area contributed by atoms with E-state index in [4.69, 9.17) is 0 Å². The fourth-order valence-corrected chi connectivity index (χ4v) is 1.27. The summed E-state index contributed by atoms with van der Waals surface area (Å²) in [6.45, 7) is 4.34. The van der Waals surface area contributed by atoms with Crippen molar-refractivity contribution in [1.29, 1.82) is 0 Å². The molecule has 74 valence electrons. The second-order valence-corrected chi connectivity index (χ2v) is 3.45. The molecule has 0 aliphatic carbocycles. The van der Waals surface area contributed by atoms with Crippen LogP contribution in [-0.4, -0.2) is 24.6 Å². The molecule has 0 amide bonds. The fraction of sp³-hybridized carbons (Fsp3) is 0.909. The standard InChI is InChI=1S/C11H22O.Li.H/c1-3-5-7-9-11(12)10-8-6-4-2;;/h3-10H2,1-2H3;;. The number of rotatable bonds is 8. The molecule has 0 unspecified atom stereocenters. The molecule has 0 saturated carbocycles. The van der Waals surface area contributed by atoms with Gasteiger partial charge in [-0.05, 0) is 12.8 Å². The molecule has 0 bridgehead atoms. The summed E-state index contributed by atoms with van der Waals surface area (Å²) in [6.07, 6.45) is 8.67. The van der Waals surface area contributed by atoms with Crippen molar-refractivity contribution in [3.8, 4) is 0 Å². The van der Waals surface area contributed by atoms with Crippen LogP contribution in [0.15, 0.2) is 0 Å². The minimum atomic E-state index is 0. The number of unbranched alkanes of at least 4 members (excludes halogenated alkanes) is 4. The van der Waals surface area contributed by atoms with E-state index in [2.05, 4.69) is 13.8 Å². The van der Waals surface area contributed by atoms with Gasteiger partial charge in [0.15, 0.2) is 0 Å². The summed E-state index contributed by atoms with van der Waals surface area (Å²) in [6, 6.07) is 0. The Labute approximate surface area is 94.8 Å². The summed E-state index contributed by atoms with van der Waals surface area (Å²) >= 11 is 0. The molecule has 0 rings (SSSR count). The van der Waals surface area contributed by atoms with E-state index in [9.17, 15) is 4.79 Å². The van der Waals surface area contributed by atoms with Gasteiger partial charge in [0.05, 0.1) is 0 Å². The van der Waals surface area contributed by atoms with Gasteiger partial charge < -0.3 is 0 Å². The Morgan fingerprint density at radius 3 is 1.54 bits per heavy atom. The van der Waals surface area contributed by atoms with Crippen LogP contribution in [0.5, 0.6) is 0 Å². The first kappa shape index (κ1) is 15.7. The van der Waals surface area contributed by atoms with Crippen LogP contribution in [0, 0.1) is 0 Å². The number of hydrogen-bond donors (Lipinski definition) is 0. The molecule has 1 nitrogen and oxygen atoms in total. The zero-order valence-electron chi connectivity index (χ0n) is 8.57. The molecule has 0 aromatic heterocycles. The van der Waals surface area contributed by atoms with Crippen LogP contribution in [0.1, 0.15) is 65.2 Å². The molecular formula is C11H23LiO. The zero-order valence-corrected chi connectivity index (χ0v) is 8.57. The first-order chi connectivity index (χ1) is 5.81. The predicted octanol–water partition coefficient (Wildman–Crippen LogP) is 3.07. The molecule has 0 atom stereocenters. The average Bonchev–Trinajstić information content (AvgIpc) is 2.06. The molecule has 0 aromatic rings. The van der Waals surface area contributed by atoms with Crippen LogP contribution in [0.3, 0.4) is 0 Å². The first-order valence-electron chi connectivity index (χ1n) is 5.33. The van der Waals surface area contributed by atoms with E-state index in [0.29, 0.717) is 5.78 Å². The number of ketones is 1. The van der Waals surface area contributed by atoms with Crippen LogP contribution >= 0.6 is 0 Å². The van der Waals surface area contributed by atoms with E-state index in [0.717, 1.165) is 25.7 Å². The van der Waals surface area contributed by atoms with Gasteiger partial charge in [0, 0.05) is 12.8 Å². The van der Waals surface area contributed by atoms with Gasteiger partial charge in [-0.25, -0.2) is 0 Å². The van der Waals surface area contributed by atoms with Crippen LogP contribution in [-0.2, 0) is 4.79 Å². The number of carbonyl (C=O) groups is 1. The van der Waals surface area contributed by atoms with Gasteiger partial charge in [-0.2, -0.15) is 0 Å². The van der Waals surface area contributed by atoms with Crippen molar-refractivity contribution in [2.45, 2.75) is 65.2 Å². The average molecular weight is 178 g/mol. The van der Waals surface area contributed by atoms with Gasteiger partial charge in [-0.15, -0.1) is 0 Å². The van der Waals surface area contributed by atoms with Crippen molar-refractivity contribution in [2.24, 2.45) is 0 Å². The molecule has 0 saturated heterocycles. The molecule has 0 aliphatic rings. The molecule has 0 N–H and O–H groups in total. The Hall–Kier alpha value is 0.267. The number of carbonyl (C=O) groups excluding carboxylic acids is 1. The van der Waals surface area contributed by atoms with Gasteiger partial charge in [0.2, 0.25) is 0 Å². The Bertz CT molecular complexity index is 101. The van der Waals surface area contributed by atoms with E-state index < -0.39 is 0 Å². The summed E-state index contributed by atoms with van der Waals surface area (Å²) < 4.78 is 0. The summed E-state index contributed by atoms with van der Waals surface area (Å²) in [5.74, 6) is 0.469. The summed E-state index contributed by atoms with van der Waals surface area (Å²) in [4.78, 5) is 11.2. The van der Waals surface area contributed by atoms with E-state index in [-0.39, 0.29) is 18.9 Å². The van der Waals surface area contributed by atoms with Gasteiger partial charge in [0.25, 0.3) is 0 Å². The molecule has 13 heavy (non-hydrogen) atoms. The maximum atomic E-state index is 11.2. The van der Waals surface area contributed by atoms with Gasteiger partial charge in [-0.3, -0.25) is 4.79 Å². The Balaban J connectivity index is 0. The monoisotopic (exact) mass is 178 g/mol. The third kappa shape index (κ3) is 12.3. The molecule has 2 heteroatoms. The van der Waals surface area contributed by atoms with E-state index in [1.54, 1.807) is 0 Å². The van der Waals surface area contributed by atoms with Crippen molar-refractivity contribution in [3.05, 3.63) is 0 Å². The molecular weight excluding hydrogens is 155 g/mol. The van der Waals surface area contributed by atoms with Gasteiger partial charge in [0.1, 0.15) is 5.78 Å². The van der Waals surface area contributed by atoms with Crippen LogP contribution in [0.2, 0.25) is 0 Å². The fourth-order valence-electron chi connectivity index (χ4n) is 1.27. The predicted molar refractivity (Wildman–Crippen MR) is 60.4 cm³/mol. The minimum absolute atomic E-state index is 0. The summed E-state index contributed by atoms with van der Waals surface area (Å²) in [5, 5.41) is 0. The Kier molecular flexibility index (Phi) is 14.8. The Morgan fingerprint density at radius 1 is 0.846 bits per heavy atom. The molecule has 0 aromatic carbocycles. The molecule has 0 spiro atoms. The van der Waals surface area contributed by atoms with Crippen molar-refractivity contribution in [3.63, 3.8) is 0 Å². The molecule has 0 radical (unpaired) electrons. The van der Waals surface area contributed by atoms with E-state index >= 15 is 0 Å². The topological polar surface area (TPSA) is 17.1 Å². The normalized spacial score (nSPS) is 9.38. The quantitative estimate of drug-likeness (QED) is 0.412. The van der Waals surface area contributed by atoms with Crippen LogP contribution < -0.4 is 0 Å². The van der Waals surface area contributed by atoms with Gasteiger partial charge >= 0.3 is 18.9 Å². The SMILES string of the molecule is CCCCCC(=O)CCCCC.[LiH].